The summed E-state index contributed by atoms with van der Waals surface area (Å²) < 4.78 is 37.7. The van der Waals surface area contributed by atoms with E-state index in [9.17, 15) is 13.2 Å². The van der Waals surface area contributed by atoms with Gasteiger partial charge in [0.1, 0.15) is 17.6 Å². The van der Waals surface area contributed by atoms with E-state index < -0.39 is 11.9 Å². The number of rotatable bonds is 5. The molecule has 0 bridgehead atoms. The lowest BCUT2D eigenvalue weighted by atomic mass is 10.1. The predicted octanol–water partition coefficient (Wildman–Crippen LogP) is 3.96. The molecule has 0 radical (unpaired) electrons. The summed E-state index contributed by atoms with van der Waals surface area (Å²) in [6, 6.07) is 3.78. The minimum atomic E-state index is -4.50. The molecule has 0 saturated heterocycles. The van der Waals surface area contributed by atoms with Crippen molar-refractivity contribution in [2.24, 2.45) is 0 Å². The number of unbranched alkanes of at least 4 members (excludes halogenated alkanes) is 1. The second-order valence-corrected chi connectivity index (χ2v) is 4.39. The number of aromatic nitrogens is 1. The lowest BCUT2D eigenvalue weighted by Gasteiger charge is -2.16. The van der Waals surface area contributed by atoms with Crippen LogP contribution in [-0.2, 0) is 6.18 Å². The molecule has 0 aliphatic rings. The van der Waals surface area contributed by atoms with Crippen molar-refractivity contribution >= 4 is 5.82 Å². The van der Waals surface area contributed by atoms with E-state index >= 15 is 0 Å². The van der Waals surface area contributed by atoms with Gasteiger partial charge in [0.15, 0.2) is 0 Å². The maximum absolute atomic E-state index is 12.6. The first kappa shape index (κ1) is 15.3. The molecular weight excluding hydrogens is 255 g/mol. The van der Waals surface area contributed by atoms with Gasteiger partial charge < -0.3 is 5.32 Å². The highest BCUT2D eigenvalue weighted by molar-refractivity contribution is 5.53. The normalized spacial score (nSPS) is 12.8. The van der Waals surface area contributed by atoms with E-state index in [-0.39, 0.29) is 17.4 Å². The molecule has 1 aromatic heterocycles. The van der Waals surface area contributed by atoms with Gasteiger partial charge in [0.05, 0.1) is 5.56 Å². The van der Waals surface area contributed by atoms with Gasteiger partial charge in [-0.3, -0.25) is 0 Å². The molecule has 104 valence electrons. The van der Waals surface area contributed by atoms with Crippen molar-refractivity contribution < 1.29 is 13.2 Å². The molecule has 0 aliphatic carbocycles. The Bertz CT molecular complexity index is 463. The molecule has 3 nitrogen and oxygen atoms in total. The quantitative estimate of drug-likeness (QED) is 0.881. The van der Waals surface area contributed by atoms with Crippen LogP contribution in [0.25, 0.3) is 0 Å². The van der Waals surface area contributed by atoms with Crippen molar-refractivity contribution in [1.29, 1.82) is 5.26 Å². The molecule has 6 heteroatoms. The van der Waals surface area contributed by atoms with Crippen LogP contribution in [0.4, 0.5) is 19.0 Å². The number of nitriles is 1. The summed E-state index contributed by atoms with van der Waals surface area (Å²) in [5.41, 5.74) is -0.868. The highest BCUT2D eigenvalue weighted by Crippen LogP contribution is 2.29. The molecule has 1 unspecified atom stereocenters. The van der Waals surface area contributed by atoms with Crippen LogP contribution >= 0.6 is 0 Å². The summed E-state index contributed by atoms with van der Waals surface area (Å²) in [6.07, 6.45) is -1.71. The number of pyridine rings is 1. The molecule has 19 heavy (non-hydrogen) atoms. The average Bonchev–Trinajstić information content (AvgIpc) is 2.35. The molecule has 0 aromatic carbocycles. The summed E-state index contributed by atoms with van der Waals surface area (Å²) in [4.78, 5) is 3.50. The van der Waals surface area contributed by atoms with E-state index in [0.717, 1.165) is 31.4 Å². The van der Waals surface area contributed by atoms with Crippen LogP contribution in [-0.4, -0.2) is 11.0 Å². The van der Waals surface area contributed by atoms with Crippen LogP contribution in [0.5, 0.6) is 0 Å². The van der Waals surface area contributed by atoms with Crippen LogP contribution in [0.1, 0.15) is 44.4 Å². The Morgan fingerprint density at radius 3 is 2.63 bits per heavy atom. The van der Waals surface area contributed by atoms with E-state index in [1.54, 1.807) is 0 Å². The van der Waals surface area contributed by atoms with Gasteiger partial charge >= 0.3 is 6.18 Å². The minimum absolute atomic E-state index is 0.000859. The van der Waals surface area contributed by atoms with Crippen LogP contribution < -0.4 is 5.32 Å². The fraction of sp³-hybridized carbons (Fsp3) is 0.538. The molecule has 1 aromatic rings. The predicted molar refractivity (Wildman–Crippen MR) is 66.6 cm³/mol. The van der Waals surface area contributed by atoms with Gasteiger partial charge in [-0.2, -0.15) is 18.4 Å². The molecule has 0 spiro atoms. The molecule has 0 saturated carbocycles. The molecule has 0 amide bonds. The lowest BCUT2D eigenvalue weighted by molar-refractivity contribution is -0.141. The standard InChI is InChI=1S/C13H16F3N3/c1-3-4-5-9(2)18-12-10(8-17)6-7-11(19-12)13(14,15)16/h6-7,9H,3-5H2,1-2H3,(H,18,19). The van der Waals surface area contributed by atoms with E-state index in [2.05, 4.69) is 10.3 Å². The average molecular weight is 271 g/mol. The second kappa shape index (κ2) is 6.41. The highest BCUT2D eigenvalue weighted by atomic mass is 19.4. The van der Waals surface area contributed by atoms with Crippen LogP contribution in [0.2, 0.25) is 0 Å². The van der Waals surface area contributed by atoms with E-state index in [1.807, 2.05) is 19.9 Å². The maximum Gasteiger partial charge on any atom is 0.433 e. The molecule has 1 rings (SSSR count). The largest absolute Gasteiger partial charge is 0.433 e. The lowest BCUT2D eigenvalue weighted by Crippen LogP contribution is -2.18. The summed E-state index contributed by atoms with van der Waals surface area (Å²) in [5, 5.41) is 11.8. The van der Waals surface area contributed by atoms with Crippen molar-refractivity contribution in [1.82, 2.24) is 4.98 Å². The Morgan fingerprint density at radius 1 is 1.42 bits per heavy atom. The number of nitrogens with zero attached hydrogens (tertiary/aromatic N) is 2. The number of hydrogen-bond donors (Lipinski definition) is 1. The van der Waals surface area contributed by atoms with Crippen molar-refractivity contribution in [2.75, 3.05) is 5.32 Å². The fourth-order valence-corrected chi connectivity index (χ4v) is 1.63. The summed E-state index contributed by atoms with van der Waals surface area (Å²) in [7, 11) is 0. The van der Waals surface area contributed by atoms with Crippen LogP contribution in [0.3, 0.4) is 0 Å². The monoisotopic (exact) mass is 271 g/mol. The first-order chi connectivity index (χ1) is 8.88. The van der Waals surface area contributed by atoms with Gasteiger partial charge in [0, 0.05) is 6.04 Å². The zero-order valence-electron chi connectivity index (χ0n) is 10.9. The zero-order chi connectivity index (χ0) is 14.5. The topological polar surface area (TPSA) is 48.7 Å². The number of alkyl halides is 3. The Kier molecular flexibility index (Phi) is 5.16. The number of anilines is 1. The first-order valence-corrected chi connectivity index (χ1v) is 6.13. The van der Waals surface area contributed by atoms with Gasteiger partial charge in [0.2, 0.25) is 0 Å². The Morgan fingerprint density at radius 2 is 2.11 bits per heavy atom. The van der Waals surface area contributed by atoms with Gasteiger partial charge in [-0.1, -0.05) is 19.8 Å². The van der Waals surface area contributed by atoms with E-state index in [1.165, 1.54) is 0 Å². The summed E-state index contributed by atoms with van der Waals surface area (Å²) in [5.74, 6) is 0.000859. The van der Waals surface area contributed by atoms with Crippen molar-refractivity contribution in [3.8, 4) is 6.07 Å². The Hall–Kier alpha value is -1.77. The van der Waals surface area contributed by atoms with E-state index in [0.29, 0.717) is 0 Å². The molecular formula is C13H16F3N3. The summed E-state index contributed by atoms with van der Waals surface area (Å²) >= 11 is 0. The van der Waals surface area contributed by atoms with Crippen molar-refractivity contribution in [3.63, 3.8) is 0 Å². The first-order valence-electron chi connectivity index (χ1n) is 6.13. The third-order valence-corrected chi connectivity index (χ3v) is 2.68. The maximum atomic E-state index is 12.6. The minimum Gasteiger partial charge on any atom is -0.367 e. The third-order valence-electron chi connectivity index (χ3n) is 2.68. The molecule has 1 N–H and O–H groups in total. The SMILES string of the molecule is CCCCC(C)Nc1nc(C(F)(F)F)ccc1C#N. The third kappa shape index (κ3) is 4.43. The molecule has 1 heterocycles. The van der Waals surface area contributed by atoms with Crippen LogP contribution in [0, 0.1) is 11.3 Å². The fourth-order valence-electron chi connectivity index (χ4n) is 1.63. The Labute approximate surface area is 110 Å². The van der Waals surface area contributed by atoms with Crippen molar-refractivity contribution in [2.45, 2.75) is 45.3 Å². The van der Waals surface area contributed by atoms with Gasteiger partial charge in [-0.15, -0.1) is 0 Å². The number of halogens is 3. The number of nitrogens with one attached hydrogen (secondary N) is 1. The Balaban J connectivity index is 2.94. The number of hydrogen-bond acceptors (Lipinski definition) is 3. The zero-order valence-corrected chi connectivity index (χ0v) is 10.9. The highest BCUT2D eigenvalue weighted by Gasteiger charge is 2.33. The molecule has 0 fully saturated rings. The van der Waals surface area contributed by atoms with E-state index in [4.69, 9.17) is 5.26 Å². The van der Waals surface area contributed by atoms with Gasteiger partial charge in [0.25, 0.3) is 0 Å². The molecule has 1 atom stereocenters. The van der Waals surface area contributed by atoms with Gasteiger partial charge in [-0.05, 0) is 25.5 Å². The van der Waals surface area contributed by atoms with Gasteiger partial charge in [-0.25, -0.2) is 4.98 Å². The van der Waals surface area contributed by atoms with Crippen molar-refractivity contribution in [3.05, 3.63) is 23.4 Å². The molecule has 0 aliphatic heterocycles. The summed E-state index contributed by atoms with van der Waals surface area (Å²) in [6.45, 7) is 3.90. The van der Waals surface area contributed by atoms with Crippen LogP contribution in [0.15, 0.2) is 12.1 Å². The second-order valence-electron chi connectivity index (χ2n) is 4.39. The smallest absolute Gasteiger partial charge is 0.367 e.